The number of anilines is 1. The first kappa shape index (κ1) is 14.2. The molecular formula is C19H24N2. The molecule has 0 fully saturated rings. The Balaban J connectivity index is 1.69. The maximum absolute atomic E-state index is 3.24. The van der Waals surface area contributed by atoms with E-state index < -0.39 is 0 Å². The lowest BCUT2D eigenvalue weighted by Crippen LogP contribution is -2.19. The van der Waals surface area contributed by atoms with E-state index >= 15 is 0 Å². The summed E-state index contributed by atoms with van der Waals surface area (Å²) in [6.07, 6.45) is 1.17. The van der Waals surface area contributed by atoms with E-state index in [0.717, 1.165) is 19.6 Å². The van der Waals surface area contributed by atoms with Gasteiger partial charge in [-0.25, -0.2) is 0 Å². The summed E-state index contributed by atoms with van der Waals surface area (Å²) >= 11 is 0. The van der Waals surface area contributed by atoms with Crippen LogP contribution in [0.15, 0.2) is 48.5 Å². The van der Waals surface area contributed by atoms with Gasteiger partial charge in [0.25, 0.3) is 0 Å². The van der Waals surface area contributed by atoms with Crippen LogP contribution < -0.4 is 10.2 Å². The molecule has 0 radical (unpaired) electrons. The van der Waals surface area contributed by atoms with Crippen molar-refractivity contribution in [3.05, 3.63) is 65.2 Å². The highest BCUT2D eigenvalue weighted by Gasteiger charge is 2.18. The molecule has 2 nitrogen and oxygen atoms in total. The molecule has 2 heteroatoms. The number of hydrogen-bond acceptors (Lipinski definition) is 2. The van der Waals surface area contributed by atoms with E-state index in [9.17, 15) is 0 Å². The van der Waals surface area contributed by atoms with Crippen molar-refractivity contribution >= 4 is 5.69 Å². The molecular weight excluding hydrogens is 256 g/mol. The van der Waals surface area contributed by atoms with Gasteiger partial charge in [-0.1, -0.05) is 49.4 Å². The number of benzene rings is 2. The number of fused-ring (bicyclic) bond motifs is 1. The molecule has 0 bridgehead atoms. The van der Waals surface area contributed by atoms with Gasteiger partial charge in [0.05, 0.1) is 0 Å². The number of nitrogens with one attached hydrogen (secondary N) is 1. The van der Waals surface area contributed by atoms with Gasteiger partial charge in [-0.15, -0.1) is 0 Å². The third-order valence-corrected chi connectivity index (χ3v) is 4.42. The molecule has 1 aliphatic heterocycles. The summed E-state index contributed by atoms with van der Waals surface area (Å²) in [5, 5.41) is 3.24. The molecule has 110 valence electrons. The summed E-state index contributed by atoms with van der Waals surface area (Å²) in [7, 11) is 2.01. The maximum atomic E-state index is 3.24. The van der Waals surface area contributed by atoms with Crippen LogP contribution in [-0.2, 0) is 13.0 Å². The van der Waals surface area contributed by atoms with E-state index in [1.807, 2.05) is 7.05 Å². The van der Waals surface area contributed by atoms with E-state index in [-0.39, 0.29) is 0 Å². The SMILES string of the molecule is CNCC(C)c1ccc(CN2CCc3ccccc32)cc1. The Labute approximate surface area is 127 Å². The van der Waals surface area contributed by atoms with Crippen LogP contribution in [0.2, 0.25) is 0 Å². The molecule has 1 N–H and O–H groups in total. The van der Waals surface area contributed by atoms with Gasteiger partial charge >= 0.3 is 0 Å². The largest absolute Gasteiger partial charge is 0.367 e. The Morgan fingerprint density at radius 2 is 1.86 bits per heavy atom. The standard InChI is InChI=1S/C19H24N2/c1-15(13-20-2)17-9-7-16(8-10-17)14-21-12-11-18-5-3-4-6-19(18)21/h3-10,15,20H,11-14H2,1-2H3. The zero-order chi connectivity index (χ0) is 14.7. The van der Waals surface area contributed by atoms with Crippen LogP contribution in [0.4, 0.5) is 5.69 Å². The molecule has 0 spiro atoms. The molecule has 0 aliphatic carbocycles. The Morgan fingerprint density at radius 3 is 2.62 bits per heavy atom. The number of hydrogen-bond donors (Lipinski definition) is 1. The fourth-order valence-corrected chi connectivity index (χ4v) is 3.17. The second kappa shape index (κ2) is 6.31. The van der Waals surface area contributed by atoms with Crippen molar-refractivity contribution in [3.8, 4) is 0 Å². The van der Waals surface area contributed by atoms with Crippen molar-refractivity contribution in [2.75, 3.05) is 25.0 Å². The van der Waals surface area contributed by atoms with Crippen LogP contribution in [-0.4, -0.2) is 20.1 Å². The van der Waals surface area contributed by atoms with Crippen LogP contribution in [0.5, 0.6) is 0 Å². The highest BCUT2D eigenvalue weighted by Crippen LogP contribution is 2.29. The van der Waals surface area contributed by atoms with Gasteiger partial charge in [0.2, 0.25) is 0 Å². The minimum Gasteiger partial charge on any atom is -0.367 e. The molecule has 1 heterocycles. The van der Waals surface area contributed by atoms with Crippen molar-refractivity contribution in [2.24, 2.45) is 0 Å². The van der Waals surface area contributed by atoms with Gasteiger partial charge in [0.15, 0.2) is 0 Å². The highest BCUT2D eigenvalue weighted by atomic mass is 15.1. The molecule has 21 heavy (non-hydrogen) atoms. The van der Waals surface area contributed by atoms with E-state index in [0.29, 0.717) is 5.92 Å². The molecule has 0 saturated heterocycles. The topological polar surface area (TPSA) is 15.3 Å². The summed E-state index contributed by atoms with van der Waals surface area (Å²) in [5.41, 5.74) is 5.70. The minimum absolute atomic E-state index is 0.566. The van der Waals surface area contributed by atoms with Crippen molar-refractivity contribution < 1.29 is 0 Å². The monoisotopic (exact) mass is 280 g/mol. The molecule has 1 unspecified atom stereocenters. The zero-order valence-electron chi connectivity index (χ0n) is 13.0. The maximum Gasteiger partial charge on any atom is 0.0429 e. The van der Waals surface area contributed by atoms with Gasteiger partial charge in [-0.2, -0.15) is 0 Å². The molecule has 0 amide bonds. The fraction of sp³-hybridized carbons (Fsp3) is 0.368. The summed E-state index contributed by atoms with van der Waals surface area (Å²) in [6, 6.07) is 17.9. The predicted octanol–water partition coefficient (Wildman–Crippen LogP) is 3.57. The first-order chi connectivity index (χ1) is 10.3. The van der Waals surface area contributed by atoms with E-state index in [1.165, 1.54) is 28.8 Å². The van der Waals surface area contributed by atoms with Crippen molar-refractivity contribution in [1.29, 1.82) is 0 Å². The Kier molecular flexibility index (Phi) is 4.26. The zero-order valence-corrected chi connectivity index (χ0v) is 13.0. The van der Waals surface area contributed by atoms with Crippen molar-refractivity contribution in [2.45, 2.75) is 25.8 Å². The summed E-state index contributed by atoms with van der Waals surface area (Å²) < 4.78 is 0. The van der Waals surface area contributed by atoms with Crippen molar-refractivity contribution in [3.63, 3.8) is 0 Å². The van der Waals surface area contributed by atoms with E-state index in [1.54, 1.807) is 0 Å². The van der Waals surface area contributed by atoms with Crippen LogP contribution in [0.1, 0.15) is 29.5 Å². The van der Waals surface area contributed by atoms with Gasteiger partial charge in [0, 0.05) is 25.3 Å². The lowest BCUT2D eigenvalue weighted by molar-refractivity contribution is 0.677. The Morgan fingerprint density at radius 1 is 1.10 bits per heavy atom. The minimum atomic E-state index is 0.566. The third kappa shape index (κ3) is 3.11. The summed E-state index contributed by atoms with van der Waals surface area (Å²) in [4.78, 5) is 2.49. The molecule has 2 aromatic rings. The van der Waals surface area contributed by atoms with Crippen LogP contribution in [0.3, 0.4) is 0 Å². The van der Waals surface area contributed by atoms with Crippen molar-refractivity contribution in [1.82, 2.24) is 5.32 Å². The van der Waals surface area contributed by atoms with E-state index in [4.69, 9.17) is 0 Å². The number of rotatable bonds is 5. The average molecular weight is 280 g/mol. The normalized spacial score (nSPS) is 15.0. The first-order valence-electron chi connectivity index (χ1n) is 7.84. The third-order valence-electron chi connectivity index (χ3n) is 4.42. The lowest BCUT2D eigenvalue weighted by Gasteiger charge is -2.20. The molecule has 1 atom stereocenters. The van der Waals surface area contributed by atoms with Crippen LogP contribution in [0, 0.1) is 0 Å². The quantitative estimate of drug-likeness (QED) is 0.900. The van der Waals surface area contributed by atoms with Gasteiger partial charge in [-0.3, -0.25) is 0 Å². The smallest absolute Gasteiger partial charge is 0.0429 e. The first-order valence-corrected chi connectivity index (χ1v) is 7.84. The van der Waals surface area contributed by atoms with Crippen LogP contribution in [0.25, 0.3) is 0 Å². The second-order valence-electron chi connectivity index (χ2n) is 6.00. The molecule has 2 aromatic carbocycles. The van der Waals surface area contributed by atoms with E-state index in [2.05, 4.69) is 65.7 Å². The molecule has 0 saturated carbocycles. The van der Waals surface area contributed by atoms with Gasteiger partial charge in [0.1, 0.15) is 0 Å². The number of para-hydroxylation sites is 1. The highest BCUT2D eigenvalue weighted by molar-refractivity contribution is 5.58. The van der Waals surface area contributed by atoms with Gasteiger partial charge < -0.3 is 10.2 Å². The lowest BCUT2D eigenvalue weighted by atomic mass is 10.00. The number of likely N-dealkylation sites (N-methyl/N-ethyl adjacent to an activating group) is 1. The predicted molar refractivity (Wildman–Crippen MR) is 90.0 cm³/mol. The molecule has 0 aromatic heterocycles. The second-order valence-corrected chi connectivity index (χ2v) is 6.00. The Bertz CT molecular complexity index is 589. The Hall–Kier alpha value is -1.80. The number of nitrogens with zero attached hydrogens (tertiary/aromatic N) is 1. The van der Waals surface area contributed by atoms with Crippen LogP contribution >= 0.6 is 0 Å². The molecule has 1 aliphatic rings. The molecule has 3 rings (SSSR count). The average Bonchev–Trinajstić information content (AvgIpc) is 2.92. The summed E-state index contributed by atoms with van der Waals surface area (Å²) in [5.74, 6) is 0.566. The van der Waals surface area contributed by atoms with Gasteiger partial charge in [-0.05, 0) is 42.1 Å². The fourth-order valence-electron chi connectivity index (χ4n) is 3.17. The summed E-state index contributed by atoms with van der Waals surface area (Å²) in [6.45, 7) is 5.44.